The van der Waals surface area contributed by atoms with Gasteiger partial charge in [0.15, 0.2) is 0 Å². The van der Waals surface area contributed by atoms with Crippen LogP contribution >= 0.6 is 0 Å². The van der Waals surface area contributed by atoms with Gasteiger partial charge in [-0.15, -0.1) is 10.1 Å². The normalized spacial score (nSPS) is 18.4. The lowest BCUT2D eigenvalue weighted by Crippen LogP contribution is -2.45. The molecule has 0 saturated carbocycles. The van der Waals surface area contributed by atoms with Gasteiger partial charge < -0.3 is 9.68 Å². The van der Waals surface area contributed by atoms with E-state index in [1.54, 1.807) is 0 Å². The van der Waals surface area contributed by atoms with E-state index in [-0.39, 0.29) is 63.9 Å². The molecule has 3 saturated heterocycles. The van der Waals surface area contributed by atoms with Crippen molar-refractivity contribution < 1.29 is 57.8 Å². The quantitative estimate of drug-likeness (QED) is 0.231. The smallest absolute Gasteiger partial charge is 0.329 e. The van der Waals surface area contributed by atoms with E-state index < -0.39 is 61.2 Å². The van der Waals surface area contributed by atoms with E-state index in [0.29, 0.717) is 0 Å². The molecule has 0 unspecified atom stereocenters. The van der Waals surface area contributed by atoms with Crippen molar-refractivity contribution in [2.24, 2.45) is 0 Å². The number of imide groups is 2. The molecule has 3 fully saturated rings. The first-order chi connectivity index (χ1) is 16.0. The fraction of sp³-hybridized carbons (Fsp3) is 0.562. The third-order valence-electron chi connectivity index (χ3n) is 4.50. The monoisotopic (exact) mass is 486 g/mol. The largest absolute Gasteiger partial charge is 0.358 e. The SMILES string of the molecule is O=C(CN(CC(=O)ON1C(=O)CCC1=O)CC(=O)ON1[N+](=O)CC[N+]1=O)ON1C(=O)CCC1=O. The summed E-state index contributed by atoms with van der Waals surface area (Å²) in [5, 5.41) is 0.571. The summed E-state index contributed by atoms with van der Waals surface area (Å²) >= 11 is 0. The standard InChI is InChI=1S/C16H18N6O12/c23-10-1-2-11(24)20(10)32-14(27)7-17(8-15(28)33-21-12(25)3-4-13(21)26)9-16(29)34-22-18(30)5-6-19(22)31/h1-9H2/q+2. The highest BCUT2D eigenvalue weighted by Gasteiger charge is 2.50. The van der Waals surface area contributed by atoms with Crippen LogP contribution in [-0.4, -0.2) is 104 Å². The summed E-state index contributed by atoms with van der Waals surface area (Å²) in [4.78, 5) is 121. The van der Waals surface area contributed by atoms with Gasteiger partial charge in [0.2, 0.25) is 9.74 Å². The number of carbonyl (C=O) groups excluding carboxylic acids is 7. The van der Waals surface area contributed by atoms with Crippen molar-refractivity contribution in [3.8, 4) is 0 Å². The van der Waals surface area contributed by atoms with E-state index >= 15 is 0 Å². The third kappa shape index (κ3) is 5.71. The molecule has 0 aromatic heterocycles. The highest BCUT2D eigenvalue weighted by atomic mass is 16.8. The van der Waals surface area contributed by atoms with Crippen molar-refractivity contribution >= 4 is 41.5 Å². The van der Waals surface area contributed by atoms with Gasteiger partial charge in [0.05, 0.1) is 9.81 Å². The van der Waals surface area contributed by atoms with E-state index in [1.165, 1.54) is 0 Å². The van der Waals surface area contributed by atoms with Crippen molar-refractivity contribution in [2.45, 2.75) is 25.7 Å². The number of hydroxylamine groups is 4. The first kappa shape index (κ1) is 24.3. The summed E-state index contributed by atoms with van der Waals surface area (Å²) in [6, 6.07) is 0. The first-order valence-electron chi connectivity index (χ1n) is 9.80. The van der Waals surface area contributed by atoms with Crippen LogP contribution in [0.15, 0.2) is 0 Å². The number of hydrogen-bond acceptors (Lipinski definition) is 13. The van der Waals surface area contributed by atoms with Gasteiger partial charge in [-0.05, 0) is 0 Å². The van der Waals surface area contributed by atoms with Crippen LogP contribution in [0, 0.1) is 9.81 Å². The molecule has 0 aliphatic carbocycles. The van der Waals surface area contributed by atoms with Crippen molar-refractivity contribution in [1.82, 2.24) is 20.3 Å². The Bertz CT molecular complexity index is 823. The Morgan fingerprint density at radius 2 is 0.971 bits per heavy atom. The lowest BCUT2D eigenvalue weighted by molar-refractivity contribution is -0.954. The van der Waals surface area contributed by atoms with Crippen LogP contribution in [0.5, 0.6) is 0 Å². The molecule has 18 heteroatoms. The van der Waals surface area contributed by atoms with Gasteiger partial charge in [-0.1, -0.05) is 0 Å². The van der Waals surface area contributed by atoms with Crippen molar-refractivity contribution in [3.05, 3.63) is 9.81 Å². The first-order valence-corrected chi connectivity index (χ1v) is 9.80. The molecule has 34 heavy (non-hydrogen) atoms. The number of hydrogen-bond donors (Lipinski definition) is 0. The van der Waals surface area contributed by atoms with E-state index in [1.807, 2.05) is 0 Å². The van der Waals surface area contributed by atoms with Crippen LogP contribution in [0.4, 0.5) is 0 Å². The van der Waals surface area contributed by atoms with E-state index in [4.69, 9.17) is 0 Å². The van der Waals surface area contributed by atoms with E-state index in [0.717, 1.165) is 4.90 Å². The zero-order valence-corrected chi connectivity index (χ0v) is 17.4. The Balaban J connectivity index is 1.63. The minimum atomic E-state index is -1.26. The van der Waals surface area contributed by atoms with Gasteiger partial charge in [0, 0.05) is 25.7 Å². The molecular formula is C16H18N6O12+2. The summed E-state index contributed by atoms with van der Waals surface area (Å²) < 4.78 is 0. The molecule has 0 radical (unpaired) electrons. The number of amides is 4. The van der Waals surface area contributed by atoms with Gasteiger partial charge >= 0.3 is 36.3 Å². The fourth-order valence-corrected chi connectivity index (χ4v) is 2.96. The molecule has 3 heterocycles. The molecule has 182 valence electrons. The number of nitroso groups, excluding NO2 is 2. The van der Waals surface area contributed by atoms with Crippen molar-refractivity contribution in [3.63, 3.8) is 0 Å². The van der Waals surface area contributed by atoms with E-state index in [9.17, 15) is 43.4 Å². The second-order valence-electron chi connectivity index (χ2n) is 7.10. The molecule has 3 aliphatic rings. The lowest BCUT2D eigenvalue weighted by Gasteiger charge is -2.21. The Morgan fingerprint density at radius 1 is 0.647 bits per heavy atom. The topological polar surface area (TPSA) is 200 Å². The zero-order valence-electron chi connectivity index (χ0n) is 17.4. The fourth-order valence-electron chi connectivity index (χ4n) is 2.96. The van der Waals surface area contributed by atoms with Gasteiger partial charge in [0.25, 0.3) is 23.6 Å². The Morgan fingerprint density at radius 3 is 1.32 bits per heavy atom. The number of carbonyl (C=O) groups is 7. The minimum absolute atomic E-state index is 0.0486. The molecule has 0 spiro atoms. The van der Waals surface area contributed by atoms with Gasteiger partial charge in [0.1, 0.15) is 19.6 Å². The Kier molecular flexibility index (Phi) is 7.19. The highest BCUT2D eigenvalue weighted by molar-refractivity contribution is 6.02. The molecule has 4 amide bonds. The average molecular weight is 486 g/mol. The van der Waals surface area contributed by atoms with Crippen LogP contribution in [0.25, 0.3) is 0 Å². The number of hydrazine groups is 2. The number of rotatable bonds is 9. The predicted molar refractivity (Wildman–Crippen MR) is 95.7 cm³/mol. The molecule has 18 nitrogen and oxygen atoms in total. The molecule has 0 bridgehead atoms. The summed E-state index contributed by atoms with van der Waals surface area (Å²) in [6.07, 6.45) is -0.668. The molecular weight excluding hydrogens is 468 g/mol. The summed E-state index contributed by atoms with van der Waals surface area (Å²) in [7, 11) is 0. The molecule has 0 aromatic rings. The van der Waals surface area contributed by atoms with Gasteiger partial charge in [-0.2, -0.15) is 0 Å². The Hall–Kier alpha value is -4.35. The van der Waals surface area contributed by atoms with Crippen molar-refractivity contribution in [1.29, 1.82) is 0 Å². The van der Waals surface area contributed by atoms with Crippen LogP contribution < -0.4 is 0 Å². The number of nitrogens with zero attached hydrogens (tertiary/aromatic N) is 6. The highest BCUT2D eigenvalue weighted by Crippen LogP contribution is 2.14. The molecule has 0 N–H and O–H groups in total. The van der Waals surface area contributed by atoms with E-state index in [2.05, 4.69) is 14.5 Å². The third-order valence-corrected chi connectivity index (χ3v) is 4.50. The maximum atomic E-state index is 12.2. The predicted octanol–water partition coefficient (Wildman–Crippen LogP) is -3.34. The summed E-state index contributed by atoms with van der Waals surface area (Å²) in [5.74, 6) is -6.79. The Labute approximate surface area is 188 Å². The van der Waals surface area contributed by atoms with Crippen LogP contribution in [0.3, 0.4) is 0 Å². The molecule has 3 aliphatic heterocycles. The average Bonchev–Trinajstić information content (AvgIpc) is 3.36. The van der Waals surface area contributed by atoms with Gasteiger partial charge in [-0.25, -0.2) is 19.2 Å². The second-order valence-corrected chi connectivity index (χ2v) is 7.10. The van der Waals surface area contributed by atoms with Crippen LogP contribution in [0.2, 0.25) is 0 Å². The second kappa shape index (κ2) is 10.1. The molecule has 0 atom stereocenters. The molecule has 0 aromatic carbocycles. The van der Waals surface area contributed by atoms with Crippen molar-refractivity contribution in [2.75, 3.05) is 32.7 Å². The van der Waals surface area contributed by atoms with Crippen LogP contribution in [0.1, 0.15) is 25.7 Å². The minimum Gasteiger partial charge on any atom is -0.329 e. The van der Waals surface area contributed by atoms with Crippen LogP contribution in [-0.2, 0) is 48.1 Å². The molecule has 3 rings (SSSR count). The maximum absolute atomic E-state index is 12.2. The summed E-state index contributed by atoms with van der Waals surface area (Å²) in [6.45, 7) is -3.19. The summed E-state index contributed by atoms with van der Waals surface area (Å²) in [5.41, 5.74) is 0. The maximum Gasteiger partial charge on any atom is 0.358 e. The lowest BCUT2D eigenvalue weighted by atomic mass is 10.4. The van der Waals surface area contributed by atoms with Gasteiger partial charge in [-0.3, -0.25) is 24.1 Å². The zero-order chi connectivity index (χ0) is 25.0.